The van der Waals surface area contributed by atoms with Crippen LogP contribution >= 0.6 is 11.8 Å². The number of nitrogens with zero attached hydrogens (tertiary/aromatic N) is 2. The van der Waals surface area contributed by atoms with Crippen molar-refractivity contribution in [3.8, 4) is 0 Å². The molecule has 1 aliphatic rings. The molecule has 0 bridgehead atoms. The number of thioether (sulfide) groups is 1. The summed E-state index contributed by atoms with van der Waals surface area (Å²) in [5.74, 6) is 1.67. The van der Waals surface area contributed by atoms with Gasteiger partial charge in [-0.05, 0) is 32.4 Å². The van der Waals surface area contributed by atoms with E-state index in [9.17, 15) is 4.79 Å². The number of carbonyl (C=O) groups is 1. The third-order valence-corrected chi connectivity index (χ3v) is 4.72. The van der Waals surface area contributed by atoms with Crippen molar-refractivity contribution in [3.63, 3.8) is 0 Å². The number of rotatable bonds is 2. The first-order valence-electron chi connectivity index (χ1n) is 5.68. The van der Waals surface area contributed by atoms with Crippen molar-refractivity contribution < 1.29 is 4.79 Å². The summed E-state index contributed by atoms with van der Waals surface area (Å²) in [4.78, 5) is 12.2. The number of hydrogen-bond donors (Lipinski definition) is 2. The Labute approximate surface area is 105 Å². The summed E-state index contributed by atoms with van der Waals surface area (Å²) in [6, 6.07) is 0. The second-order valence-corrected chi connectivity index (χ2v) is 6.21. The predicted molar refractivity (Wildman–Crippen MR) is 71.1 cm³/mol. The Morgan fingerprint density at radius 3 is 2.82 bits per heavy atom. The van der Waals surface area contributed by atoms with Crippen LogP contribution in [0.1, 0.15) is 25.5 Å². The zero-order valence-corrected chi connectivity index (χ0v) is 11.2. The Kier molecular flexibility index (Phi) is 3.07. The fourth-order valence-electron chi connectivity index (χ4n) is 2.02. The molecular weight excluding hydrogens is 236 g/mol. The molecule has 1 unspecified atom stereocenters. The van der Waals surface area contributed by atoms with Gasteiger partial charge < -0.3 is 11.1 Å². The molecule has 0 spiro atoms. The van der Waals surface area contributed by atoms with E-state index in [1.165, 1.54) is 0 Å². The van der Waals surface area contributed by atoms with Gasteiger partial charge in [0.25, 0.3) is 0 Å². The lowest BCUT2D eigenvalue weighted by atomic mass is 10.1. The van der Waals surface area contributed by atoms with E-state index in [1.807, 2.05) is 13.8 Å². The van der Waals surface area contributed by atoms with Crippen molar-refractivity contribution in [1.82, 2.24) is 9.78 Å². The summed E-state index contributed by atoms with van der Waals surface area (Å²) in [7, 11) is 1.78. The molecule has 0 aromatic carbocycles. The zero-order chi connectivity index (χ0) is 12.6. The molecule has 2 rings (SSSR count). The van der Waals surface area contributed by atoms with E-state index >= 15 is 0 Å². The SMILES string of the molecule is Cc1nn(C)c(NC(=O)C2(C)CCCS2)c1N. The highest BCUT2D eigenvalue weighted by molar-refractivity contribution is 8.01. The minimum atomic E-state index is -0.329. The lowest BCUT2D eigenvalue weighted by molar-refractivity contribution is -0.118. The number of amides is 1. The van der Waals surface area contributed by atoms with E-state index in [2.05, 4.69) is 10.4 Å². The summed E-state index contributed by atoms with van der Waals surface area (Å²) in [6.45, 7) is 3.82. The number of nitrogens with one attached hydrogen (secondary N) is 1. The Bertz CT molecular complexity index is 449. The summed E-state index contributed by atoms with van der Waals surface area (Å²) >= 11 is 1.71. The van der Waals surface area contributed by atoms with E-state index in [0.29, 0.717) is 11.5 Å². The Hall–Kier alpha value is -1.17. The Morgan fingerprint density at radius 1 is 1.65 bits per heavy atom. The van der Waals surface area contributed by atoms with Gasteiger partial charge in [0.15, 0.2) is 5.82 Å². The van der Waals surface area contributed by atoms with Crippen LogP contribution in [0, 0.1) is 6.92 Å². The summed E-state index contributed by atoms with van der Waals surface area (Å²) in [6.07, 6.45) is 2.01. The number of aryl methyl sites for hydroxylation is 2. The van der Waals surface area contributed by atoms with Crippen LogP contribution in [0.4, 0.5) is 11.5 Å². The van der Waals surface area contributed by atoms with E-state index in [4.69, 9.17) is 5.73 Å². The van der Waals surface area contributed by atoms with Crippen LogP contribution in [-0.4, -0.2) is 26.2 Å². The lowest BCUT2D eigenvalue weighted by Gasteiger charge is -2.21. The van der Waals surface area contributed by atoms with Crippen LogP contribution in [0.25, 0.3) is 0 Å². The first-order chi connectivity index (χ1) is 7.94. The van der Waals surface area contributed by atoms with Crippen LogP contribution in [0.3, 0.4) is 0 Å². The molecule has 6 heteroatoms. The smallest absolute Gasteiger partial charge is 0.241 e. The highest BCUT2D eigenvalue weighted by atomic mass is 32.2. The van der Waals surface area contributed by atoms with Crippen molar-refractivity contribution in [2.75, 3.05) is 16.8 Å². The van der Waals surface area contributed by atoms with E-state index in [-0.39, 0.29) is 10.7 Å². The third kappa shape index (κ3) is 2.13. The minimum absolute atomic E-state index is 0.0229. The van der Waals surface area contributed by atoms with Crippen molar-refractivity contribution in [1.29, 1.82) is 0 Å². The average Bonchev–Trinajstić information content (AvgIpc) is 2.80. The molecule has 0 saturated carbocycles. The van der Waals surface area contributed by atoms with Crippen LogP contribution in [-0.2, 0) is 11.8 Å². The van der Waals surface area contributed by atoms with Crippen molar-refractivity contribution >= 4 is 29.2 Å². The maximum absolute atomic E-state index is 12.2. The van der Waals surface area contributed by atoms with Crippen molar-refractivity contribution in [2.24, 2.45) is 7.05 Å². The maximum Gasteiger partial charge on any atom is 0.241 e. The number of nitrogen functional groups attached to an aromatic ring is 1. The number of hydrogen-bond acceptors (Lipinski definition) is 4. The molecule has 1 aliphatic heterocycles. The van der Waals surface area contributed by atoms with E-state index < -0.39 is 0 Å². The van der Waals surface area contributed by atoms with Gasteiger partial charge in [0, 0.05) is 7.05 Å². The normalized spacial score (nSPS) is 23.9. The topological polar surface area (TPSA) is 72.9 Å². The van der Waals surface area contributed by atoms with Crippen molar-refractivity contribution in [2.45, 2.75) is 31.4 Å². The average molecular weight is 254 g/mol. The molecule has 17 heavy (non-hydrogen) atoms. The first-order valence-corrected chi connectivity index (χ1v) is 6.67. The highest BCUT2D eigenvalue weighted by Crippen LogP contribution is 2.39. The Morgan fingerprint density at radius 2 is 2.35 bits per heavy atom. The number of aromatic nitrogens is 2. The number of nitrogens with two attached hydrogens (primary N) is 1. The van der Waals surface area contributed by atoms with Crippen LogP contribution in [0.15, 0.2) is 0 Å². The quantitative estimate of drug-likeness (QED) is 0.839. The van der Waals surface area contributed by atoms with Crippen LogP contribution in [0.2, 0.25) is 0 Å². The monoisotopic (exact) mass is 254 g/mol. The fraction of sp³-hybridized carbons (Fsp3) is 0.636. The van der Waals surface area contributed by atoms with E-state index in [0.717, 1.165) is 24.3 Å². The van der Waals surface area contributed by atoms with Gasteiger partial charge in [-0.3, -0.25) is 9.48 Å². The molecule has 1 aromatic rings. The van der Waals surface area contributed by atoms with Crippen LogP contribution in [0.5, 0.6) is 0 Å². The second-order valence-electron chi connectivity index (χ2n) is 4.61. The molecule has 1 fully saturated rings. The number of carbonyl (C=O) groups excluding carboxylic acids is 1. The summed E-state index contributed by atoms with van der Waals surface area (Å²) < 4.78 is 1.29. The fourth-order valence-corrected chi connectivity index (χ4v) is 3.23. The van der Waals surface area contributed by atoms with Gasteiger partial charge in [-0.2, -0.15) is 5.10 Å². The number of anilines is 2. The van der Waals surface area contributed by atoms with Crippen LogP contribution < -0.4 is 11.1 Å². The molecule has 1 amide bonds. The standard InChI is InChI=1S/C11H18N4OS/c1-7-8(12)9(15(3)14-7)13-10(16)11(2)5-4-6-17-11/h4-6,12H2,1-3H3,(H,13,16). The van der Waals surface area contributed by atoms with Gasteiger partial charge in [0.05, 0.1) is 16.1 Å². The van der Waals surface area contributed by atoms with Gasteiger partial charge in [-0.25, -0.2) is 0 Å². The molecule has 0 radical (unpaired) electrons. The molecule has 0 aliphatic carbocycles. The van der Waals surface area contributed by atoms with Crippen molar-refractivity contribution in [3.05, 3.63) is 5.69 Å². The molecule has 5 nitrogen and oxygen atoms in total. The first kappa shape index (κ1) is 12.3. The molecule has 94 valence electrons. The Balaban J connectivity index is 2.18. The maximum atomic E-state index is 12.2. The third-order valence-electron chi connectivity index (χ3n) is 3.20. The predicted octanol–water partition coefficient (Wildman–Crippen LogP) is 1.53. The molecular formula is C11H18N4OS. The highest BCUT2D eigenvalue weighted by Gasteiger charge is 2.37. The molecule has 2 heterocycles. The van der Waals surface area contributed by atoms with E-state index in [1.54, 1.807) is 23.5 Å². The van der Waals surface area contributed by atoms with Gasteiger partial charge in [-0.1, -0.05) is 0 Å². The lowest BCUT2D eigenvalue weighted by Crippen LogP contribution is -2.35. The largest absolute Gasteiger partial charge is 0.394 e. The molecule has 1 atom stereocenters. The minimum Gasteiger partial charge on any atom is -0.394 e. The van der Waals surface area contributed by atoms with Gasteiger partial charge in [0.2, 0.25) is 5.91 Å². The van der Waals surface area contributed by atoms with Gasteiger partial charge in [-0.15, -0.1) is 11.8 Å². The zero-order valence-electron chi connectivity index (χ0n) is 10.4. The van der Waals surface area contributed by atoms with Gasteiger partial charge >= 0.3 is 0 Å². The molecule has 1 saturated heterocycles. The molecule has 3 N–H and O–H groups in total. The van der Waals surface area contributed by atoms with Gasteiger partial charge in [0.1, 0.15) is 0 Å². The second kappa shape index (κ2) is 4.25. The molecule has 1 aromatic heterocycles. The summed E-state index contributed by atoms with van der Waals surface area (Å²) in [5.41, 5.74) is 7.18. The summed E-state index contributed by atoms with van der Waals surface area (Å²) in [5, 5.41) is 7.08.